The maximum absolute atomic E-state index is 5.72. The molecule has 0 radical (unpaired) electrons. The fourth-order valence-corrected chi connectivity index (χ4v) is 2.11. The molecule has 15 heavy (non-hydrogen) atoms. The van der Waals surface area contributed by atoms with E-state index in [0.717, 1.165) is 35.1 Å². The summed E-state index contributed by atoms with van der Waals surface area (Å²) < 4.78 is 10.2. The number of hydrogen-bond acceptors (Lipinski definition) is 4. The van der Waals surface area contributed by atoms with Gasteiger partial charge in [0.1, 0.15) is 5.75 Å². The summed E-state index contributed by atoms with van der Waals surface area (Å²) in [5.74, 6) is 2.78. The topological polar surface area (TPSA) is 44.5 Å². The van der Waals surface area contributed by atoms with Gasteiger partial charge in [-0.15, -0.1) is 0 Å². The highest BCUT2D eigenvalue weighted by Gasteiger charge is 2.03. The lowest BCUT2D eigenvalue weighted by atomic mass is 10.2. The van der Waals surface area contributed by atoms with Gasteiger partial charge in [-0.25, -0.2) is 0 Å². The zero-order valence-electron chi connectivity index (χ0n) is 9.16. The SMILES string of the molecule is COCCSCc1cc(N)ccc1OC. The standard InChI is InChI=1S/C11H17NO2S/c1-13-5-6-15-8-9-7-10(12)3-4-11(9)14-2/h3-4,7H,5-6,8,12H2,1-2H3. The minimum absolute atomic E-state index is 0.773. The fraction of sp³-hybridized carbons (Fsp3) is 0.455. The molecule has 0 unspecified atom stereocenters. The third-order valence-electron chi connectivity index (χ3n) is 1.99. The van der Waals surface area contributed by atoms with E-state index in [1.807, 2.05) is 30.0 Å². The van der Waals surface area contributed by atoms with Crippen LogP contribution in [0, 0.1) is 0 Å². The largest absolute Gasteiger partial charge is 0.496 e. The molecule has 0 saturated carbocycles. The number of ether oxygens (including phenoxy) is 2. The quantitative estimate of drug-likeness (QED) is 0.597. The molecule has 84 valence electrons. The number of anilines is 1. The zero-order valence-corrected chi connectivity index (χ0v) is 9.97. The van der Waals surface area contributed by atoms with Gasteiger partial charge in [0.2, 0.25) is 0 Å². The lowest BCUT2D eigenvalue weighted by Gasteiger charge is -2.08. The summed E-state index contributed by atoms with van der Waals surface area (Å²) in [6.07, 6.45) is 0. The van der Waals surface area contributed by atoms with E-state index in [2.05, 4.69) is 0 Å². The number of thioether (sulfide) groups is 1. The number of nitrogens with two attached hydrogens (primary N) is 1. The number of hydrogen-bond donors (Lipinski definition) is 1. The predicted octanol–water partition coefficient (Wildman–Crippen LogP) is 2.16. The molecule has 1 rings (SSSR count). The van der Waals surface area contributed by atoms with Gasteiger partial charge in [0.05, 0.1) is 13.7 Å². The first-order valence-electron chi connectivity index (χ1n) is 4.77. The summed E-state index contributed by atoms with van der Waals surface area (Å²) in [4.78, 5) is 0. The lowest BCUT2D eigenvalue weighted by Crippen LogP contribution is -1.96. The summed E-state index contributed by atoms with van der Waals surface area (Å²) in [7, 11) is 3.39. The molecule has 0 aromatic heterocycles. The molecule has 0 heterocycles. The van der Waals surface area contributed by atoms with E-state index in [-0.39, 0.29) is 0 Å². The second-order valence-electron chi connectivity index (χ2n) is 3.12. The van der Waals surface area contributed by atoms with E-state index in [4.69, 9.17) is 15.2 Å². The van der Waals surface area contributed by atoms with E-state index >= 15 is 0 Å². The van der Waals surface area contributed by atoms with E-state index in [0.29, 0.717) is 0 Å². The minimum atomic E-state index is 0.773. The van der Waals surface area contributed by atoms with Crippen molar-refractivity contribution in [2.24, 2.45) is 0 Å². The van der Waals surface area contributed by atoms with Crippen LogP contribution in [0.2, 0.25) is 0 Å². The van der Waals surface area contributed by atoms with Gasteiger partial charge < -0.3 is 15.2 Å². The van der Waals surface area contributed by atoms with Crippen molar-refractivity contribution in [3.63, 3.8) is 0 Å². The minimum Gasteiger partial charge on any atom is -0.496 e. The number of nitrogen functional groups attached to an aromatic ring is 1. The molecule has 0 spiro atoms. The van der Waals surface area contributed by atoms with E-state index in [1.165, 1.54) is 0 Å². The van der Waals surface area contributed by atoms with Crippen LogP contribution in [0.3, 0.4) is 0 Å². The van der Waals surface area contributed by atoms with Gasteiger partial charge in [0.15, 0.2) is 0 Å². The highest BCUT2D eigenvalue weighted by atomic mass is 32.2. The van der Waals surface area contributed by atoms with Crippen LogP contribution in [0.4, 0.5) is 5.69 Å². The number of benzene rings is 1. The van der Waals surface area contributed by atoms with Gasteiger partial charge >= 0.3 is 0 Å². The molecule has 0 amide bonds. The van der Waals surface area contributed by atoms with Crippen LogP contribution < -0.4 is 10.5 Å². The molecule has 1 aromatic carbocycles. The van der Waals surface area contributed by atoms with E-state index < -0.39 is 0 Å². The molecule has 0 atom stereocenters. The predicted molar refractivity (Wildman–Crippen MR) is 65.4 cm³/mol. The third kappa shape index (κ3) is 4.01. The van der Waals surface area contributed by atoms with Crippen molar-refractivity contribution in [1.82, 2.24) is 0 Å². The summed E-state index contributed by atoms with van der Waals surface area (Å²) in [6.45, 7) is 0.773. The van der Waals surface area contributed by atoms with E-state index in [9.17, 15) is 0 Å². The van der Waals surface area contributed by atoms with Crippen molar-refractivity contribution < 1.29 is 9.47 Å². The molecule has 0 fully saturated rings. The Balaban J connectivity index is 2.54. The first kappa shape index (κ1) is 12.2. The Bertz CT molecular complexity index is 305. The summed E-state index contributed by atoms with van der Waals surface area (Å²) in [5, 5.41) is 0. The fourth-order valence-electron chi connectivity index (χ4n) is 1.24. The molecule has 3 nitrogen and oxygen atoms in total. The Kier molecular flexibility index (Phi) is 5.36. The van der Waals surface area contributed by atoms with Gasteiger partial charge in [-0.3, -0.25) is 0 Å². The van der Waals surface area contributed by atoms with Crippen molar-refractivity contribution in [2.75, 3.05) is 32.3 Å². The molecule has 0 aliphatic rings. The Morgan fingerprint density at radius 2 is 2.13 bits per heavy atom. The average Bonchev–Trinajstić information content (AvgIpc) is 2.25. The van der Waals surface area contributed by atoms with E-state index in [1.54, 1.807) is 14.2 Å². The molecule has 1 aromatic rings. The van der Waals surface area contributed by atoms with Crippen LogP contribution in [-0.2, 0) is 10.5 Å². The van der Waals surface area contributed by atoms with Gasteiger partial charge in [0.25, 0.3) is 0 Å². The van der Waals surface area contributed by atoms with Crippen LogP contribution in [0.25, 0.3) is 0 Å². The maximum atomic E-state index is 5.72. The number of methoxy groups -OCH3 is 2. The van der Waals surface area contributed by atoms with Gasteiger partial charge in [-0.05, 0) is 18.2 Å². The van der Waals surface area contributed by atoms with Crippen LogP contribution in [0.15, 0.2) is 18.2 Å². The first-order chi connectivity index (χ1) is 7.27. The summed E-state index contributed by atoms with van der Waals surface area (Å²) in [5.41, 5.74) is 7.64. The highest BCUT2D eigenvalue weighted by Crippen LogP contribution is 2.25. The van der Waals surface area contributed by atoms with Crippen molar-refractivity contribution in [1.29, 1.82) is 0 Å². The van der Waals surface area contributed by atoms with Crippen LogP contribution >= 0.6 is 11.8 Å². The second kappa shape index (κ2) is 6.58. The van der Waals surface area contributed by atoms with Crippen LogP contribution in [0.5, 0.6) is 5.75 Å². The smallest absolute Gasteiger partial charge is 0.123 e. The number of rotatable bonds is 6. The van der Waals surface area contributed by atoms with Crippen LogP contribution in [0.1, 0.15) is 5.56 Å². The lowest BCUT2D eigenvalue weighted by molar-refractivity contribution is 0.218. The molecule has 0 aliphatic carbocycles. The van der Waals surface area contributed by atoms with Crippen molar-refractivity contribution in [2.45, 2.75) is 5.75 Å². The molecule has 4 heteroatoms. The van der Waals surface area contributed by atoms with Crippen molar-refractivity contribution >= 4 is 17.4 Å². The zero-order chi connectivity index (χ0) is 11.1. The molecule has 0 aliphatic heterocycles. The molecule has 0 bridgehead atoms. The highest BCUT2D eigenvalue weighted by molar-refractivity contribution is 7.98. The Morgan fingerprint density at radius 1 is 1.33 bits per heavy atom. The third-order valence-corrected chi connectivity index (χ3v) is 2.96. The van der Waals surface area contributed by atoms with Crippen molar-refractivity contribution in [3.8, 4) is 5.75 Å². The molecule has 2 N–H and O–H groups in total. The monoisotopic (exact) mass is 227 g/mol. The second-order valence-corrected chi connectivity index (χ2v) is 4.22. The van der Waals surface area contributed by atoms with Crippen molar-refractivity contribution in [3.05, 3.63) is 23.8 Å². The Hall–Kier alpha value is -0.870. The Labute approximate surface area is 94.9 Å². The average molecular weight is 227 g/mol. The molecule has 0 saturated heterocycles. The molecular formula is C11H17NO2S. The van der Waals surface area contributed by atoms with Gasteiger partial charge in [-0.1, -0.05) is 0 Å². The van der Waals surface area contributed by atoms with Gasteiger partial charge in [0, 0.05) is 29.9 Å². The Morgan fingerprint density at radius 3 is 2.80 bits per heavy atom. The summed E-state index contributed by atoms with van der Waals surface area (Å²) >= 11 is 1.81. The first-order valence-corrected chi connectivity index (χ1v) is 5.92. The summed E-state index contributed by atoms with van der Waals surface area (Å²) in [6, 6.07) is 5.71. The van der Waals surface area contributed by atoms with Gasteiger partial charge in [-0.2, -0.15) is 11.8 Å². The maximum Gasteiger partial charge on any atom is 0.123 e. The van der Waals surface area contributed by atoms with Crippen LogP contribution in [-0.4, -0.2) is 26.6 Å². The molecular weight excluding hydrogens is 210 g/mol. The normalized spacial score (nSPS) is 10.3.